The third-order valence-electron chi connectivity index (χ3n) is 5.29. The van der Waals surface area contributed by atoms with Crippen LogP contribution in [0.1, 0.15) is 32.6 Å². The molecule has 5 rings (SSSR count). The highest BCUT2D eigenvalue weighted by Gasteiger charge is 2.60. The lowest BCUT2D eigenvalue weighted by molar-refractivity contribution is 0.0157. The zero-order chi connectivity index (χ0) is 10.0. The van der Waals surface area contributed by atoms with Gasteiger partial charge in [-0.3, -0.25) is 0 Å². The van der Waals surface area contributed by atoms with Crippen LogP contribution in [0.15, 0.2) is 0 Å². The minimum Gasteiger partial charge on any atom is -0.311 e. The van der Waals surface area contributed by atoms with Crippen LogP contribution in [-0.2, 0) is 0 Å². The van der Waals surface area contributed by atoms with Gasteiger partial charge in [-0.2, -0.15) is 0 Å². The molecule has 0 spiro atoms. The summed E-state index contributed by atoms with van der Waals surface area (Å²) in [6.07, 6.45) is 5.98. The first-order valence-corrected chi connectivity index (χ1v) is 6.72. The highest BCUT2D eigenvalue weighted by Crippen LogP contribution is 2.55. The van der Waals surface area contributed by atoms with E-state index in [2.05, 4.69) is 17.1 Å². The number of nitrogens with one attached hydrogen (secondary N) is 1. The fourth-order valence-electron chi connectivity index (χ4n) is 4.61. The first kappa shape index (κ1) is 9.00. The average Bonchev–Trinajstić information content (AvgIpc) is 2.66. The fourth-order valence-corrected chi connectivity index (χ4v) is 4.61. The van der Waals surface area contributed by atoms with Crippen LogP contribution < -0.4 is 5.32 Å². The van der Waals surface area contributed by atoms with Crippen LogP contribution in [0.5, 0.6) is 0 Å². The van der Waals surface area contributed by atoms with Gasteiger partial charge < -0.3 is 10.2 Å². The molecule has 2 heteroatoms. The van der Waals surface area contributed by atoms with Crippen molar-refractivity contribution in [3.63, 3.8) is 0 Å². The Labute approximate surface area is 92.4 Å². The first-order valence-electron chi connectivity index (χ1n) is 6.72. The van der Waals surface area contributed by atoms with Crippen molar-refractivity contribution in [1.82, 2.24) is 10.2 Å². The van der Waals surface area contributed by atoms with Crippen LogP contribution in [0.4, 0.5) is 0 Å². The van der Waals surface area contributed by atoms with Crippen LogP contribution in [0.3, 0.4) is 0 Å². The van der Waals surface area contributed by atoms with E-state index in [4.69, 9.17) is 0 Å². The zero-order valence-corrected chi connectivity index (χ0v) is 9.71. The number of rotatable bonds is 2. The first-order chi connectivity index (χ1) is 7.23. The van der Waals surface area contributed by atoms with Gasteiger partial charge in [0.2, 0.25) is 0 Å². The predicted molar refractivity (Wildman–Crippen MR) is 60.7 cm³/mol. The van der Waals surface area contributed by atoms with Crippen LogP contribution in [0.25, 0.3) is 0 Å². The second-order valence-corrected chi connectivity index (χ2v) is 6.79. The van der Waals surface area contributed by atoms with Crippen molar-refractivity contribution in [2.45, 2.75) is 44.7 Å². The van der Waals surface area contributed by atoms with Gasteiger partial charge in [-0.05, 0) is 44.4 Å². The Kier molecular flexibility index (Phi) is 1.67. The van der Waals surface area contributed by atoms with Crippen molar-refractivity contribution < 1.29 is 0 Å². The van der Waals surface area contributed by atoms with E-state index in [1.807, 2.05) is 0 Å². The van der Waals surface area contributed by atoms with Crippen LogP contribution in [0.2, 0.25) is 0 Å². The maximum Gasteiger partial charge on any atom is 0.0146 e. The summed E-state index contributed by atoms with van der Waals surface area (Å²) >= 11 is 0. The topological polar surface area (TPSA) is 15.3 Å². The lowest BCUT2D eigenvalue weighted by atomic mass is 9.71. The predicted octanol–water partition coefficient (Wildman–Crippen LogP) is 1.47. The van der Waals surface area contributed by atoms with E-state index in [0.717, 1.165) is 23.9 Å². The Bertz CT molecular complexity index is 274. The van der Waals surface area contributed by atoms with Gasteiger partial charge in [0.1, 0.15) is 0 Å². The van der Waals surface area contributed by atoms with E-state index < -0.39 is 0 Å². The third kappa shape index (κ3) is 1.31. The molecule has 3 unspecified atom stereocenters. The highest BCUT2D eigenvalue weighted by atomic mass is 15.2. The second kappa shape index (κ2) is 2.78. The average molecular weight is 206 g/mol. The summed E-state index contributed by atoms with van der Waals surface area (Å²) in [5, 5.41) is 3.72. The van der Waals surface area contributed by atoms with Gasteiger partial charge in [0.25, 0.3) is 0 Å². The molecule has 1 N–H and O–H groups in total. The van der Waals surface area contributed by atoms with Crippen molar-refractivity contribution in [2.24, 2.45) is 17.3 Å². The van der Waals surface area contributed by atoms with Crippen molar-refractivity contribution in [3.05, 3.63) is 0 Å². The highest BCUT2D eigenvalue weighted by molar-refractivity contribution is 5.16. The lowest BCUT2D eigenvalue weighted by Gasteiger charge is -2.48. The normalized spacial score (nSPS) is 57.4. The summed E-state index contributed by atoms with van der Waals surface area (Å²) < 4.78 is 0. The van der Waals surface area contributed by atoms with Gasteiger partial charge >= 0.3 is 0 Å². The molecule has 15 heavy (non-hydrogen) atoms. The Morgan fingerprint density at radius 1 is 1.20 bits per heavy atom. The SMILES string of the molecule is CC1CC2(CN3CC4CC(C4)C3)CC2N1. The Balaban J connectivity index is 1.40. The van der Waals surface area contributed by atoms with E-state index in [1.54, 1.807) is 12.8 Å². The number of fused-ring (bicyclic) bond motifs is 3. The number of hydrogen-bond donors (Lipinski definition) is 1. The van der Waals surface area contributed by atoms with E-state index >= 15 is 0 Å². The molecular formula is C13H22N2. The van der Waals surface area contributed by atoms with Crippen LogP contribution in [0, 0.1) is 17.3 Å². The number of hydrogen-bond acceptors (Lipinski definition) is 2. The molecule has 0 aromatic heterocycles. The third-order valence-corrected chi connectivity index (χ3v) is 5.29. The van der Waals surface area contributed by atoms with E-state index in [1.165, 1.54) is 32.5 Å². The molecule has 2 nitrogen and oxygen atoms in total. The molecule has 5 aliphatic rings. The molecule has 2 bridgehead atoms. The molecule has 3 saturated heterocycles. The Hall–Kier alpha value is -0.0800. The van der Waals surface area contributed by atoms with E-state index in [9.17, 15) is 0 Å². The molecule has 0 aromatic rings. The molecule has 5 fully saturated rings. The standard InChI is InChI=1S/C13H22N2/c1-9-4-13(5-12(13)14-9)8-15-6-10-2-11(3-10)7-15/h9-12,14H,2-8H2,1H3. The number of piperidine rings is 3. The van der Waals surface area contributed by atoms with E-state index in [0.29, 0.717) is 5.41 Å². The Morgan fingerprint density at radius 3 is 2.53 bits per heavy atom. The molecule has 84 valence electrons. The minimum atomic E-state index is 0.712. The van der Waals surface area contributed by atoms with Crippen LogP contribution >= 0.6 is 0 Å². The molecule has 2 aliphatic carbocycles. The summed E-state index contributed by atoms with van der Waals surface area (Å²) in [6, 6.07) is 1.66. The monoisotopic (exact) mass is 206 g/mol. The van der Waals surface area contributed by atoms with Gasteiger partial charge in [-0.25, -0.2) is 0 Å². The maximum atomic E-state index is 3.72. The zero-order valence-electron chi connectivity index (χ0n) is 9.71. The van der Waals surface area contributed by atoms with E-state index in [-0.39, 0.29) is 0 Å². The number of nitrogens with zero attached hydrogens (tertiary/aromatic N) is 1. The summed E-state index contributed by atoms with van der Waals surface area (Å²) in [4.78, 5) is 2.78. The fraction of sp³-hybridized carbons (Fsp3) is 1.00. The molecule has 3 atom stereocenters. The van der Waals surface area contributed by atoms with Crippen molar-refractivity contribution in [1.29, 1.82) is 0 Å². The Morgan fingerprint density at radius 2 is 1.93 bits per heavy atom. The summed E-state index contributed by atoms with van der Waals surface area (Å²) in [6.45, 7) is 6.59. The van der Waals surface area contributed by atoms with Crippen molar-refractivity contribution in [2.75, 3.05) is 19.6 Å². The van der Waals surface area contributed by atoms with Gasteiger partial charge in [0.15, 0.2) is 0 Å². The maximum absolute atomic E-state index is 3.72. The molecule has 0 aromatic carbocycles. The molecular weight excluding hydrogens is 184 g/mol. The molecule has 3 aliphatic heterocycles. The lowest BCUT2D eigenvalue weighted by Crippen LogP contribution is -2.50. The van der Waals surface area contributed by atoms with Crippen molar-refractivity contribution >= 4 is 0 Å². The largest absolute Gasteiger partial charge is 0.311 e. The summed E-state index contributed by atoms with van der Waals surface area (Å²) in [5.41, 5.74) is 0.712. The second-order valence-electron chi connectivity index (χ2n) is 6.79. The smallest absolute Gasteiger partial charge is 0.0146 e. The summed E-state index contributed by atoms with van der Waals surface area (Å²) in [5.74, 6) is 2.15. The van der Waals surface area contributed by atoms with Crippen molar-refractivity contribution in [3.8, 4) is 0 Å². The van der Waals surface area contributed by atoms with Gasteiger partial charge in [0.05, 0.1) is 0 Å². The van der Waals surface area contributed by atoms with Gasteiger partial charge in [-0.1, -0.05) is 0 Å². The molecule has 2 saturated carbocycles. The minimum absolute atomic E-state index is 0.712. The molecule has 3 heterocycles. The molecule has 0 amide bonds. The van der Waals surface area contributed by atoms with Gasteiger partial charge in [0, 0.05) is 37.1 Å². The van der Waals surface area contributed by atoms with Crippen LogP contribution in [-0.4, -0.2) is 36.6 Å². The molecule has 0 radical (unpaired) electrons. The van der Waals surface area contributed by atoms with Gasteiger partial charge in [-0.15, -0.1) is 0 Å². The quantitative estimate of drug-likeness (QED) is 0.736. The summed E-state index contributed by atoms with van der Waals surface area (Å²) in [7, 11) is 0.